The Balaban J connectivity index is 2.17. The van der Waals surface area contributed by atoms with E-state index in [2.05, 4.69) is 10.0 Å². The van der Waals surface area contributed by atoms with E-state index in [0.717, 1.165) is 17.6 Å². The zero-order chi connectivity index (χ0) is 16.2. The molecule has 0 aliphatic rings. The predicted octanol–water partition coefficient (Wildman–Crippen LogP) is 2.82. The summed E-state index contributed by atoms with van der Waals surface area (Å²) in [5.74, 6) is 1.35. The van der Waals surface area contributed by atoms with Crippen molar-refractivity contribution in [1.82, 2.24) is 0 Å². The first-order chi connectivity index (χ1) is 10.4. The van der Waals surface area contributed by atoms with Crippen LogP contribution in [0.3, 0.4) is 0 Å². The van der Waals surface area contributed by atoms with Gasteiger partial charge in [0.25, 0.3) is 0 Å². The molecule has 0 fully saturated rings. The molecule has 2 aromatic carbocycles. The largest absolute Gasteiger partial charge is 0.497 e. The SMILES string of the molecule is COc1ccc(Nc2ccc(NS(C)(=O)=O)cc2)c(OC)c1. The summed E-state index contributed by atoms with van der Waals surface area (Å²) in [7, 11) is -0.0965. The lowest BCUT2D eigenvalue weighted by Crippen LogP contribution is -2.09. The predicted molar refractivity (Wildman–Crippen MR) is 87.7 cm³/mol. The first kappa shape index (κ1) is 16.0. The van der Waals surface area contributed by atoms with Crippen LogP contribution in [0.4, 0.5) is 17.1 Å². The van der Waals surface area contributed by atoms with Crippen molar-refractivity contribution in [3.8, 4) is 11.5 Å². The summed E-state index contributed by atoms with van der Waals surface area (Å²) in [5, 5.41) is 3.21. The Hall–Kier alpha value is -2.41. The summed E-state index contributed by atoms with van der Waals surface area (Å²) >= 11 is 0. The fraction of sp³-hybridized carbons (Fsp3) is 0.200. The van der Waals surface area contributed by atoms with Gasteiger partial charge in [-0.3, -0.25) is 4.72 Å². The molecule has 0 heterocycles. The van der Waals surface area contributed by atoms with Crippen LogP contribution in [0.2, 0.25) is 0 Å². The minimum absolute atomic E-state index is 0.509. The van der Waals surface area contributed by atoms with Crippen molar-refractivity contribution in [2.75, 3.05) is 30.5 Å². The third-order valence-electron chi connectivity index (χ3n) is 2.88. The van der Waals surface area contributed by atoms with E-state index in [0.29, 0.717) is 17.2 Å². The van der Waals surface area contributed by atoms with Gasteiger partial charge in [-0.25, -0.2) is 8.42 Å². The Kier molecular flexibility index (Phi) is 4.77. The van der Waals surface area contributed by atoms with E-state index in [4.69, 9.17) is 9.47 Å². The maximum absolute atomic E-state index is 11.2. The first-order valence-electron chi connectivity index (χ1n) is 6.48. The van der Waals surface area contributed by atoms with Crippen LogP contribution >= 0.6 is 0 Å². The number of hydrogen-bond acceptors (Lipinski definition) is 5. The number of hydrogen-bond donors (Lipinski definition) is 2. The average molecular weight is 322 g/mol. The molecule has 0 amide bonds. The molecule has 0 aliphatic carbocycles. The molecular weight excluding hydrogens is 304 g/mol. The van der Waals surface area contributed by atoms with Crippen molar-refractivity contribution in [2.45, 2.75) is 0 Å². The van der Waals surface area contributed by atoms with Crippen LogP contribution in [-0.4, -0.2) is 28.9 Å². The van der Waals surface area contributed by atoms with Gasteiger partial charge in [-0.1, -0.05) is 0 Å². The normalized spacial score (nSPS) is 10.9. The monoisotopic (exact) mass is 322 g/mol. The van der Waals surface area contributed by atoms with Gasteiger partial charge in [0.05, 0.1) is 26.2 Å². The summed E-state index contributed by atoms with van der Waals surface area (Å²) < 4.78 is 35.2. The molecule has 0 saturated carbocycles. The molecule has 2 N–H and O–H groups in total. The Morgan fingerprint density at radius 1 is 0.909 bits per heavy atom. The quantitative estimate of drug-likeness (QED) is 0.855. The Bertz CT molecular complexity index is 743. The van der Waals surface area contributed by atoms with Crippen LogP contribution in [0.15, 0.2) is 42.5 Å². The molecule has 118 valence electrons. The number of methoxy groups -OCH3 is 2. The van der Waals surface area contributed by atoms with Crippen LogP contribution in [0, 0.1) is 0 Å². The van der Waals surface area contributed by atoms with Crippen LogP contribution in [-0.2, 0) is 10.0 Å². The highest BCUT2D eigenvalue weighted by Crippen LogP contribution is 2.31. The topological polar surface area (TPSA) is 76.7 Å². The van der Waals surface area contributed by atoms with Gasteiger partial charge in [-0.05, 0) is 36.4 Å². The second-order valence-electron chi connectivity index (χ2n) is 4.64. The van der Waals surface area contributed by atoms with Crippen molar-refractivity contribution in [1.29, 1.82) is 0 Å². The molecular formula is C15H18N2O4S. The van der Waals surface area contributed by atoms with E-state index in [1.165, 1.54) is 0 Å². The minimum Gasteiger partial charge on any atom is -0.497 e. The smallest absolute Gasteiger partial charge is 0.229 e. The minimum atomic E-state index is -3.27. The molecule has 22 heavy (non-hydrogen) atoms. The summed E-state index contributed by atoms with van der Waals surface area (Å²) in [5.41, 5.74) is 2.10. The van der Waals surface area contributed by atoms with Crippen molar-refractivity contribution in [2.24, 2.45) is 0 Å². The Labute approximate surface area is 130 Å². The fourth-order valence-electron chi connectivity index (χ4n) is 1.89. The van der Waals surface area contributed by atoms with Gasteiger partial charge in [0, 0.05) is 17.4 Å². The molecule has 0 radical (unpaired) electrons. The van der Waals surface area contributed by atoms with E-state index in [9.17, 15) is 8.42 Å². The fourth-order valence-corrected chi connectivity index (χ4v) is 2.46. The number of anilines is 3. The van der Waals surface area contributed by atoms with Gasteiger partial charge in [0.15, 0.2) is 0 Å². The number of rotatable bonds is 6. The van der Waals surface area contributed by atoms with E-state index < -0.39 is 10.0 Å². The van der Waals surface area contributed by atoms with Gasteiger partial charge in [-0.2, -0.15) is 0 Å². The molecule has 0 spiro atoms. The standard InChI is InChI=1S/C15H18N2O4S/c1-20-13-8-9-14(15(10-13)21-2)16-11-4-6-12(7-5-11)17-22(3,18)19/h4-10,16-17H,1-3H3. The zero-order valence-corrected chi connectivity index (χ0v) is 13.4. The lowest BCUT2D eigenvalue weighted by molar-refractivity contribution is 0.395. The third-order valence-corrected chi connectivity index (χ3v) is 3.48. The zero-order valence-electron chi connectivity index (χ0n) is 12.6. The molecule has 2 aromatic rings. The summed E-state index contributed by atoms with van der Waals surface area (Å²) in [6.45, 7) is 0. The van der Waals surface area contributed by atoms with Crippen LogP contribution < -0.4 is 19.5 Å². The molecule has 0 bridgehead atoms. The molecule has 2 rings (SSSR count). The van der Waals surface area contributed by atoms with Gasteiger partial charge < -0.3 is 14.8 Å². The molecule has 0 aromatic heterocycles. The summed E-state index contributed by atoms with van der Waals surface area (Å²) in [6.07, 6.45) is 1.11. The summed E-state index contributed by atoms with van der Waals surface area (Å²) in [4.78, 5) is 0. The molecule has 7 heteroatoms. The third kappa shape index (κ3) is 4.29. The van der Waals surface area contributed by atoms with E-state index in [1.54, 1.807) is 44.6 Å². The Morgan fingerprint density at radius 3 is 2.09 bits per heavy atom. The van der Waals surface area contributed by atoms with E-state index in [1.807, 2.05) is 12.1 Å². The second kappa shape index (κ2) is 6.57. The van der Waals surface area contributed by atoms with Gasteiger partial charge in [0.2, 0.25) is 10.0 Å². The molecule has 0 aliphatic heterocycles. The van der Waals surface area contributed by atoms with E-state index in [-0.39, 0.29) is 0 Å². The van der Waals surface area contributed by atoms with Gasteiger partial charge in [-0.15, -0.1) is 0 Å². The second-order valence-corrected chi connectivity index (χ2v) is 6.39. The number of benzene rings is 2. The number of ether oxygens (including phenoxy) is 2. The van der Waals surface area contributed by atoms with Gasteiger partial charge >= 0.3 is 0 Å². The lowest BCUT2D eigenvalue weighted by atomic mass is 10.2. The van der Waals surface area contributed by atoms with Crippen molar-refractivity contribution < 1.29 is 17.9 Å². The maximum atomic E-state index is 11.2. The maximum Gasteiger partial charge on any atom is 0.229 e. The number of nitrogens with one attached hydrogen (secondary N) is 2. The van der Waals surface area contributed by atoms with Crippen LogP contribution in [0.1, 0.15) is 0 Å². The average Bonchev–Trinajstić information content (AvgIpc) is 2.48. The summed E-state index contributed by atoms with van der Waals surface area (Å²) in [6, 6.07) is 12.4. The lowest BCUT2D eigenvalue weighted by Gasteiger charge is -2.13. The molecule has 0 unspecified atom stereocenters. The number of sulfonamides is 1. The Morgan fingerprint density at radius 2 is 1.55 bits per heavy atom. The molecule has 6 nitrogen and oxygen atoms in total. The van der Waals surface area contributed by atoms with Crippen LogP contribution in [0.5, 0.6) is 11.5 Å². The highest BCUT2D eigenvalue weighted by atomic mass is 32.2. The first-order valence-corrected chi connectivity index (χ1v) is 8.37. The van der Waals surface area contributed by atoms with Crippen molar-refractivity contribution >= 4 is 27.1 Å². The molecule has 0 atom stereocenters. The highest BCUT2D eigenvalue weighted by molar-refractivity contribution is 7.92. The van der Waals surface area contributed by atoms with E-state index >= 15 is 0 Å². The van der Waals surface area contributed by atoms with Gasteiger partial charge in [0.1, 0.15) is 11.5 Å². The highest BCUT2D eigenvalue weighted by Gasteiger charge is 2.06. The van der Waals surface area contributed by atoms with Crippen LogP contribution in [0.25, 0.3) is 0 Å². The van der Waals surface area contributed by atoms with Crippen molar-refractivity contribution in [3.63, 3.8) is 0 Å². The van der Waals surface area contributed by atoms with Crippen molar-refractivity contribution in [3.05, 3.63) is 42.5 Å². The molecule has 0 saturated heterocycles.